The summed E-state index contributed by atoms with van der Waals surface area (Å²) in [5, 5.41) is 2.62. The van der Waals surface area contributed by atoms with Crippen LogP contribution in [0.3, 0.4) is 0 Å². The predicted octanol–water partition coefficient (Wildman–Crippen LogP) is 3.02. The number of aromatic nitrogens is 1. The molecule has 0 aliphatic carbocycles. The van der Waals surface area contributed by atoms with Gasteiger partial charge in [0.2, 0.25) is 11.8 Å². The third kappa shape index (κ3) is 6.23. The Morgan fingerprint density at radius 3 is 2.58 bits per heavy atom. The van der Waals surface area contributed by atoms with Crippen LogP contribution in [0.25, 0.3) is 0 Å². The van der Waals surface area contributed by atoms with Gasteiger partial charge in [-0.15, -0.1) is 0 Å². The lowest BCUT2D eigenvalue weighted by Crippen LogP contribution is -2.24. The number of rotatable bonds is 6. The second-order valence-electron chi connectivity index (χ2n) is 4.99. The molecule has 1 heterocycles. The van der Waals surface area contributed by atoms with Crippen LogP contribution in [0.15, 0.2) is 42.6 Å². The molecular formula is C16H14F4N2O2. The van der Waals surface area contributed by atoms with E-state index in [0.717, 1.165) is 0 Å². The molecule has 0 aliphatic heterocycles. The standard InChI is InChI=1S/C16H14F4N2O2/c17-13-3-1-2-11(6-13)7-14(23)21-8-12-4-5-15(22-9-12)24-10-16(18,19)20/h1-6,9H,7-8,10H2,(H,21,23). The first-order valence-electron chi connectivity index (χ1n) is 6.97. The van der Waals surface area contributed by atoms with Crippen LogP contribution in [0.5, 0.6) is 5.88 Å². The van der Waals surface area contributed by atoms with Crippen LogP contribution in [-0.2, 0) is 17.8 Å². The Kier molecular flexibility index (Phi) is 5.73. The molecular weight excluding hydrogens is 328 g/mol. The first-order valence-corrected chi connectivity index (χ1v) is 6.97. The van der Waals surface area contributed by atoms with Crippen LogP contribution in [0.1, 0.15) is 11.1 Å². The van der Waals surface area contributed by atoms with E-state index < -0.39 is 18.6 Å². The first-order chi connectivity index (χ1) is 11.3. The van der Waals surface area contributed by atoms with Crippen LogP contribution < -0.4 is 10.1 Å². The quantitative estimate of drug-likeness (QED) is 0.821. The zero-order chi connectivity index (χ0) is 17.6. The number of halogens is 4. The maximum atomic E-state index is 13.0. The van der Waals surface area contributed by atoms with E-state index in [1.165, 1.54) is 36.5 Å². The third-order valence-corrected chi connectivity index (χ3v) is 2.92. The minimum Gasteiger partial charge on any atom is -0.468 e. The summed E-state index contributed by atoms with van der Waals surface area (Å²) in [4.78, 5) is 15.5. The number of benzene rings is 1. The van der Waals surface area contributed by atoms with Gasteiger partial charge in [0.15, 0.2) is 6.61 Å². The van der Waals surface area contributed by atoms with Gasteiger partial charge in [-0.25, -0.2) is 9.37 Å². The summed E-state index contributed by atoms with van der Waals surface area (Å²) in [7, 11) is 0. The molecule has 24 heavy (non-hydrogen) atoms. The number of ether oxygens (including phenoxy) is 1. The highest BCUT2D eigenvalue weighted by Gasteiger charge is 2.28. The zero-order valence-electron chi connectivity index (χ0n) is 12.4. The van der Waals surface area contributed by atoms with Crippen molar-refractivity contribution in [3.8, 4) is 5.88 Å². The van der Waals surface area contributed by atoms with Gasteiger partial charge in [0.1, 0.15) is 5.82 Å². The molecule has 0 atom stereocenters. The van der Waals surface area contributed by atoms with Gasteiger partial charge in [0.25, 0.3) is 0 Å². The van der Waals surface area contributed by atoms with Gasteiger partial charge in [-0.2, -0.15) is 13.2 Å². The van der Waals surface area contributed by atoms with Crippen molar-refractivity contribution >= 4 is 5.91 Å². The van der Waals surface area contributed by atoms with Crippen molar-refractivity contribution in [1.82, 2.24) is 10.3 Å². The lowest BCUT2D eigenvalue weighted by atomic mass is 10.1. The van der Waals surface area contributed by atoms with Crippen molar-refractivity contribution in [2.45, 2.75) is 19.1 Å². The van der Waals surface area contributed by atoms with Crippen LogP contribution in [0.2, 0.25) is 0 Å². The molecule has 0 fully saturated rings. The Bertz CT molecular complexity index is 687. The molecule has 0 unspecified atom stereocenters. The molecule has 4 nitrogen and oxygen atoms in total. The summed E-state index contributed by atoms with van der Waals surface area (Å²) < 4.78 is 53.5. The Hall–Kier alpha value is -2.64. The number of pyridine rings is 1. The summed E-state index contributed by atoms with van der Waals surface area (Å²) in [6.07, 6.45) is -3.09. The van der Waals surface area contributed by atoms with Crippen LogP contribution in [0, 0.1) is 5.82 Å². The predicted molar refractivity (Wildman–Crippen MR) is 77.7 cm³/mol. The molecule has 0 bridgehead atoms. The highest BCUT2D eigenvalue weighted by atomic mass is 19.4. The van der Waals surface area contributed by atoms with E-state index >= 15 is 0 Å². The van der Waals surface area contributed by atoms with Gasteiger partial charge in [-0.3, -0.25) is 4.79 Å². The number of nitrogens with zero attached hydrogens (tertiary/aromatic N) is 1. The monoisotopic (exact) mass is 342 g/mol. The molecule has 2 rings (SSSR count). The largest absolute Gasteiger partial charge is 0.468 e. The zero-order valence-corrected chi connectivity index (χ0v) is 12.4. The molecule has 2 aromatic rings. The molecule has 8 heteroatoms. The van der Waals surface area contributed by atoms with E-state index in [1.807, 2.05) is 0 Å². The smallest absolute Gasteiger partial charge is 0.422 e. The fourth-order valence-corrected chi connectivity index (χ4v) is 1.85. The lowest BCUT2D eigenvalue weighted by Gasteiger charge is -2.09. The molecule has 0 radical (unpaired) electrons. The van der Waals surface area contributed by atoms with Gasteiger partial charge in [0.05, 0.1) is 6.42 Å². The maximum Gasteiger partial charge on any atom is 0.422 e. The van der Waals surface area contributed by atoms with Crippen molar-refractivity contribution in [3.05, 3.63) is 59.5 Å². The van der Waals surface area contributed by atoms with E-state index in [1.54, 1.807) is 6.07 Å². The van der Waals surface area contributed by atoms with E-state index in [2.05, 4.69) is 15.0 Å². The van der Waals surface area contributed by atoms with Crippen LogP contribution in [-0.4, -0.2) is 23.7 Å². The number of hydrogen-bond donors (Lipinski definition) is 1. The molecule has 1 amide bonds. The van der Waals surface area contributed by atoms with Crippen molar-refractivity contribution in [2.24, 2.45) is 0 Å². The van der Waals surface area contributed by atoms with Gasteiger partial charge in [-0.05, 0) is 23.3 Å². The Labute approximate surface area is 135 Å². The van der Waals surface area contributed by atoms with Crippen LogP contribution in [0.4, 0.5) is 17.6 Å². The molecule has 0 spiro atoms. The van der Waals surface area contributed by atoms with E-state index in [0.29, 0.717) is 11.1 Å². The van der Waals surface area contributed by atoms with Gasteiger partial charge in [-0.1, -0.05) is 18.2 Å². The Morgan fingerprint density at radius 2 is 1.96 bits per heavy atom. The fourth-order valence-electron chi connectivity index (χ4n) is 1.85. The fraction of sp³-hybridized carbons (Fsp3) is 0.250. The highest BCUT2D eigenvalue weighted by molar-refractivity contribution is 5.78. The normalized spacial score (nSPS) is 11.2. The van der Waals surface area contributed by atoms with E-state index in [4.69, 9.17) is 0 Å². The second kappa shape index (κ2) is 7.76. The third-order valence-electron chi connectivity index (χ3n) is 2.92. The molecule has 1 N–H and O–H groups in total. The summed E-state index contributed by atoms with van der Waals surface area (Å²) in [6, 6.07) is 8.50. The molecule has 1 aromatic carbocycles. The van der Waals surface area contributed by atoms with Crippen LogP contribution >= 0.6 is 0 Å². The minimum absolute atomic E-state index is 0.0258. The van der Waals surface area contributed by atoms with Gasteiger partial charge in [0, 0.05) is 18.8 Å². The molecule has 1 aromatic heterocycles. The summed E-state index contributed by atoms with van der Waals surface area (Å²) >= 11 is 0. The number of alkyl halides is 3. The summed E-state index contributed by atoms with van der Waals surface area (Å²) in [6.45, 7) is -1.26. The molecule has 128 valence electrons. The van der Waals surface area contributed by atoms with Crippen molar-refractivity contribution in [3.63, 3.8) is 0 Å². The highest BCUT2D eigenvalue weighted by Crippen LogP contribution is 2.17. The maximum absolute atomic E-state index is 13.0. The van der Waals surface area contributed by atoms with E-state index in [9.17, 15) is 22.4 Å². The molecule has 0 aliphatic rings. The Morgan fingerprint density at radius 1 is 1.17 bits per heavy atom. The summed E-state index contributed by atoms with van der Waals surface area (Å²) in [5.41, 5.74) is 1.14. The second-order valence-corrected chi connectivity index (χ2v) is 4.99. The number of amides is 1. The number of hydrogen-bond acceptors (Lipinski definition) is 3. The average molecular weight is 342 g/mol. The minimum atomic E-state index is -4.43. The SMILES string of the molecule is O=C(Cc1cccc(F)c1)NCc1ccc(OCC(F)(F)F)nc1. The number of nitrogens with one attached hydrogen (secondary N) is 1. The van der Waals surface area contributed by atoms with Crippen molar-refractivity contribution in [1.29, 1.82) is 0 Å². The molecule has 0 saturated heterocycles. The number of carbonyl (C=O) groups excluding carboxylic acids is 1. The number of carbonyl (C=O) groups is 1. The van der Waals surface area contributed by atoms with Crippen molar-refractivity contribution < 1.29 is 27.1 Å². The summed E-state index contributed by atoms with van der Waals surface area (Å²) in [5.74, 6) is -0.876. The average Bonchev–Trinajstić information content (AvgIpc) is 2.51. The van der Waals surface area contributed by atoms with Gasteiger partial charge < -0.3 is 10.1 Å². The Balaban J connectivity index is 1.80. The van der Waals surface area contributed by atoms with E-state index in [-0.39, 0.29) is 24.8 Å². The molecule has 0 saturated carbocycles. The lowest BCUT2D eigenvalue weighted by molar-refractivity contribution is -0.154. The van der Waals surface area contributed by atoms with Crippen molar-refractivity contribution in [2.75, 3.05) is 6.61 Å². The van der Waals surface area contributed by atoms with Gasteiger partial charge >= 0.3 is 6.18 Å². The topological polar surface area (TPSA) is 51.2 Å². The first kappa shape index (κ1) is 17.7.